The summed E-state index contributed by atoms with van der Waals surface area (Å²) in [6.45, 7) is 11.7. The molecule has 1 N–H and O–H groups in total. The Morgan fingerprint density at radius 1 is 1.13 bits per heavy atom. The predicted octanol–water partition coefficient (Wildman–Crippen LogP) is 3.48. The van der Waals surface area contributed by atoms with Gasteiger partial charge in [-0.05, 0) is 53.5 Å². The molecule has 0 saturated carbocycles. The van der Waals surface area contributed by atoms with Crippen LogP contribution in [-0.4, -0.2) is 12.1 Å². The Bertz CT molecular complexity index is 211. The van der Waals surface area contributed by atoms with E-state index in [0.717, 1.165) is 19.4 Å². The molecule has 0 amide bonds. The molecule has 88 valence electrons. The minimum Gasteiger partial charge on any atom is -0.312 e. The second-order valence-electron chi connectivity index (χ2n) is 5.66. The van der Waals surface area contributed by atoms with Crippen molar-refractivity contribution in [3.05, 3.63) is 0 Å². The fraction of sp³-hybridized carbons (Fsp3) is 0.923. The molecule has 0 aliphatic carbocycles. The Morgan fingerprint density at radius 3 is 2.20 bits per heavy atom. The van der Waals surface area contributed by atoms with Crippen LogP contribution in [0.25, 0.3) is 0 Å². The van der Waals surface area contributed by atoms with E-state index >= 15 is 0 Å². The van der Waals surface area contributed by atoms with E-state index in [-0.39, 0.29) is 11.0 Å². The fourth-order valence-electron chi connectivity index (χ4n) is 1.73. The number of nitrogens with one attached hydrogen (secondary N) is 1. The highest BCUT2D eigenvalue weighted by molar-refractivity contribution is 4.91. The van der Waals surface area contributed by atoms with Crippen LogP contribution in [0, 0.1) is 16.7 Å². The summed E-state index contributed by atoms with van der Waals surface area (Å²) in [7, 11) is 0. The molecule has 2 nitrogen and oxygen atoms in total. The molecule has 0 bridgehead atoms. The lowest BCUT2D eigenvalue weighted by Gasteiger charge is -2.26. The second-order valence-corrected chi connectivity index (χ2v) is 5.66. The van der Waals surface area contributed by atoms with Gasteiger partial charge in [-0.25, -0.2) is 0 Å². The minimum atomic E-state index is -0.170. The summed E-state index contributed by atoms with van der Waals surface area (Å²) in [4.78, 5) is 0. The predicted molar refractivity (Wildman–Crippen MR) is 65.6 cm³/mol. The van der Waals surface area contributed by atoms with Crippen LogP contribution in [0.15, 0.2) is 0 Å². The molecule has 0 radical (unpaired) electrons. The van der Waals surface area contributed by atoms with Gasteiger partial charge in [0, 0.05) is 5.54 Å². The highest BCUT2D eigenvalue weighted by Gasteiger charge is 2.18. The monoisotopic (exact) mass is 210 g/mol. The lowest BCUT2D eigenvalue weighted by molar-refractivity contribution is 0.339. The van der Waals surface area contributed by atoms with Crippen molar-refractivity contribution in [3.8, 4) is 6.07 Å². The molecule has 0 spiro atoms. The average Bonchev–Trinajstić information content (AvgIpc) is 2.13. The molecule has 0 unspecified atom stereocenters. The van der Waals surface area contributed by atoms with Gasteiger partial charge in [-0.3, -0.25) is 0 Å². The first-order valence-electron chi connectivity index (χ1n) is 5.99. The van der Waals surface area contributed by atoms with E-state index in [1.54, 1.807) is 0 Å². The van der Waals surface area contributed by atoms with Crippen LogP contribution in [0.4, 0.5) is 0 Å². The highest BCUT2D eigenvalue weighted by atomic mass is 14.9. The number of nitriles is 1. The fourth-order valence-corrected chi connectivity index (χ4v) is 1.73. The second kappa shape index (κ2) is 6.12. The van der Waals surface area contributed by atoms with Crippen molar-refractivity contribution in [2.75, 3.05) is 6.54 Å². The quantitative estimate of drug-likeness (QED) is 0.653. The molecule has 0 aliphatic heterocycles. The molecule has 0 saturated heterocycles. The molecule has 0 aromatic heterocycles. The largest absolute Gasteiger partial charge is 0.312 e. The number of hydrogen-bond donors (Lipinski definition) is 1. The van der Waals surface area contributed by atoms with Crippen molar-refractivity contribution in [1.29, 1.82) is 5.26 Å². The molecule has 0 aromatic carbocycles. The summed E-state index contributed by atoms with van der Waals surface area (Å²) in [6, 6.07) is 2.34. The van der Waals surface area contributed by atoms with E-state index in [1.807, 2.05) is 13.8 Å². The lowest BCUT2D eigenvalue weighted by Crippen LogP contribution is -2.39. The smallest absolute Gasteiger partial charge is 0.0683 e. The van der Waals surface area contributed by atoms with Crippen molar-refractivity contribution >= 4 is 0 Å². The maximum atomic E-state index is 8.87. The van der Waals surface area contributed by atoms with Gasteiger partial charge in [0.15, 0.2) is 0 Å². The molecule has 2 heteroatoms. The molecular formula is C13H26N2. The molecule has 0 heterocycles. The van der Waals surface area contributed by atoms with Crippen LogP contribution in [-0.2, 0) is 0 Å². The first-order valence-corrected chi connectivity index (χ1v) is 5.99. The molecule has 0 atom stereocenters. The van der Waals surface area contributed by atoms with Gasteiger partial charge < -0.3 is 5.32 Å². The third kappa shape index (κ3) is 7.39. The minimum absolute atomic E-state index is 0.170. The molecular weight excluding hydrogens is 184 g/mol. The lowest BCUT2D eigenvalue weighted by atomic mass is 9.89. The van der Waals surface area contributed by atoms with Gasteiger partial charge in [0.05, 0.1) is 11.5 Å². The number of hydrogen-bond acceptors (Lipinski definition) is 2. The van der Waals surface area contributed by atoms with Gasteiger partial charge in [0.1, 0.15) is 0 Å². The van der Waals surface area contributed by atoms with Crippen LogP contribution in [0.1, 0.15) is 60.3 Å². The van der Waals surface area contributed by atoms with Gasteiger partial charge in [-0.2, -0.15) is 5.26 Å². The van der Waals surface area contributed by atoms with E-state index in [9.17, 15) is 0 Å². The molecule has 15 heavy (non-hydrogen) atoms. The van der Waals surface area contributed by atoms with Crippen molar-refractivity contribution in [2.45, 2.75) is 65.8 Å². The molecule has 0 rings (SSSR count). The van der Waals surface area contributed by atoms with Gasteiger partial charge in [-0.15, -0.1) is 0 Å². The average molecular weight is 210 g/mol. The Kier molecular flexibility index (Phi) is 5.90. The molecule has 0 aromatic rings. The topological polar surface area (TPSA) is 35.8 Å². The Labute approximate surface area is 95.1 Å². The van der Waals surface area contributed by atoms with Crippen molar-refractivity contribution in [2.24, 2.45) is 5.41 Å². The van der Waals surface area contributed by atoms with Gasteiger partial charge in [0.2, 0.25) is 0 Å². The van der Waals surface area contributed by atoms with Crippen LogP contribution in [0.3, 0.4) is 0 Å². The Morgan fingerprint density at radius 2 is 1.73 bits per heavy atom. The summed E-state index contributed by atoms with van der Waals surface area (Å²) < 4.78 is 0. The summed E-state index contributed by atoms with van der Waals surface area (Å²) in [5.41, 5.74) is 0.0715. The van der Waals surface area contributed by atoms with Crippen LogP contribution < -0.4 is 5.32 Å². The zero-order valence-corrected chi connectivity index (χ0v) is 11.0. The standard InChI is InChI=1S/C13H26N2/c1-6-8-13(4,5)15-10-7-9-12(2,3)11-14/h15H,6-10H2,1-5H3. The third-order valence-corrected chi connectivity index (χ3v) is 2.76. The maximum absolute atomic E-state index is 8.87. The maximum Gasteiger partial charge on any atom is 0.0683 e. The summed E-state index contributed by atoms with van der Waals surface area (Å²) in [5.74, 6) is 0. The summed E-state index contributed by atoms with van der Waals surface area (Å²) in [6.07, 6.45) is 4.46. The van der Waals surface area contributed by atoms with Gasteiger partial charge in [-0.1, -0.05) is 13.3 Å². The Hall–Kier alpha value is -0.550. The zero-order chi connectivity index (χ0) is 11.9. The summed E-state index contributed by atoms with van der Waals surface area (Å²) >= 11 is 0. The Balaban J connectivity index is 3.68. The first-order chi connectivity index (χ1) is 6.83. The van der Waals surface area contributed by atoms with Gasteiger partial charge in [0.25, 0.3) is 0 Å². The molecule has 0 fully saturated rings. The summed E-state index contributed by atoms with van der Waals surface area (Å²) in [5, 5.41) is 12.4. The number of rotatable bonds is 7. The van der Waals surface area contributed by atoms with Crippen molar-refractivity contribution in [3.63, 3.8) is 0 Å². The van der Waals surface area contributed by atoms with Crippen molar-refractivity contribution < 1.29 is 0 Å². The van der Waals surface area contributed by atoms with E-state index in [2.05, 4.69) is 32.2 Å². The normalized spacial score (nSPS) is 12.5. The van der Waals surface area contributed by atoms with E-state index in [1.165, 1.54) is 12.8 Å². The van der Waals surface area contributed by atoms with Crippen LogP contribution >= 0.6 is 0 Å². The SMILES string of the molecule is CCCC(C)(C)NCCCC(C)(C)C#N. The zero-order valence-electron chi connectivity index (χ0n) is 11.0. The van der Waals surface area contributed by atoms with Crippen LogP contribution in [0.2, 0.25) is 0 Å². The third-order valence-electron chi connectivity index (χ3n) is 2.76. The highest BCUT2D eigenvalue weighted by Crippen LogP contribution is 2.20. The van der Waals surface area contributed by atoms with Crippen molar-refractivity contribution in [1.82, 2.24) is 5.32 Å². The van der Waals surface area contributed by atoms with E-state index < -0.39 is 0 Å². The van der Waals surface area contributed by atoms with E-state index in [0.29, 0.717) is 0 Å². The van der Waals surface area contributed by atoms with Crippen LogP contribution in [0.5, 0.6) is 0 Å². The molecule has 0 aliphatic rings. The first kappa shape index (κ1) is 14.5. The van der Waals surface area contributed by atoms with E-state index in [4.69, 9.17) is 5.26 Å². The number of nitrogens with zero attached hydrogens (tertiary/aromatic N) is 1. The van der Waals surface area contributed by atoms with Gasteiger partial charge >= 0.3 is 0 Å².